The number of carbonyl (C=O) groups excluding carboxylic acids is 1. The first kappa shape index (κ1) is 17.4. The van der Waals surface area contributed by atoms with E-state index in [1.54, 1.807) is 24.3 Å². The Morgan fingerprint density at radius 3 is 2.43 bits per heavy atom. The number of amides is 1. The second-order valence-corrected chi connectivity index (χ2v) is 7.63. The summed E-state index contributed by atoms with van der Waals surface area (Å²) >= 11 is 3.29. The van der Waals surface area contributed by atoms with E-state index in [0.717, 1.165) is 27.2 Å². The Kier molecular flexibility index (Phi) is 5.38. The van der Waals surface area contributed by atoms with Gasteiger partial charge in [-0.3, -0.25) is 9.10 Å². The van der Waals surface area contributed by atoms with Crippen molar-refractivity contribution in [3.63, 3.8) is 0 Å². The lowest BCUT2D eigenvalue weighted by Gasteiger charge is -2.21. The van der Waals surface area contributed by atoms with Crippen molar-refractivity contribution in [1.29, 1.82) is 0 Å². The molecule has 0 aromatic heterocycles. The Bertz CT molecular complexity index is 810. The van der Waals surface area contributed by atoms with Crippen molar-refractivity contribution >= 4 is 43.2 Å². The number of carbonyl (C=O) groups is 1. The first-order chi connectivity index (χ1) is 10.8. The van der Waals surface area contributed by atoms with Gasteiger partial charge in [-0.1, -0.05) is 22.0 Å². The van der Waals surface area contributed by atoms with E-state index in [2.05, 4.69) is 21.2 Å². The largest absolute Gasteiger partial charge is 0.324 e. The fourth-order valence-corrected chi connectivity index (χ4v) is 3.16. The van der Waals surface area contributed by atoms with Crippen LogP contribution in [0.1, 0.15) is 0 Å². The number of nitrogens with zero attached hydrogens (tertiary/aromatic N) is 1. The third-order valence-electron chi connectivity index (χ3n) is 2.91. The minimum atomic E-state index is -3.69. The summed E-state index contributed by atoms with van der Waals surface area (Å²) in [7, 11) is -3.69. The van der Waals surface area contributed by atoms with Crippen molar-refractivity contribution in [2.45, 2.75) is 0 Å². The SMILES string of the molecule is CS(=O)(=O)N(CC(=O)Nc1cccc(Br)c1)c1ccc(F)cc1. The van der Waals surface area contributed by atoms with Crippen molar-refractivity contribution in [3.8, 4) is 0 Å². The number of sulfonamides is 1. The van der Waals surface area contributed by atoms with Gasteiger partial charge in [-0.2, -0.15) is 0 Å². The molecule has 1 N–H and O–H groups in total. The number of halogens is 2. The molecule has 0 saturated carbocycles. The second kappa shape index (κ2) is 7.10. The number of rotatable bonds is 5. The zero-order valence-corrected chi connectivity index (χ0v) is 14.6. The molecular formula is C15H14BrFN2O3S. The number of hydrogen-bond donors (Lipinski definition) is 1. The molecule has 0 atom stereocenters. The van der Waals surface area contributed by atoms with Crippen LogP contribution in [0.25, 0.3) is 0 Å². The summed E-state index contributed by atoms with van der Waals surface area (Å²) in [6.45, 7) is -0.406. The van der Waals surface area contributed by atoms with Gasteiger partial charge in [0.1, 0.15) is 12.4 Å². The predicted molar refractivity (Wildman–Crippen MR) is 91.4 cm³/mol. The van der Waals surface area contributed by atoms with E-state index in [9.17, 15) is 17.6 Å². The van der Waals surface area contributed by atoms with Crippen LogP contribution in [0.3, 0.4) is 0 Å². The van der Waals surface area contributed by atoms with Gasteiger partial charge in [0.2, 0.25) is 15.9 Å². The van der Waals surface area contributed by atoms with Crippen LogP contribution >= 0.6 is 15.9 Å². The first-order valence-electron chi connectivity index (χ1n) is 6.54. The van der Waals surface area contributed by atoms with E-state index in [0.29, 0.717) is 5.69 Å². The number of anilines is 2. The second-order valence-electron chi connectivity index (χ2n) is 4.80. The lowest BCUT2D eigenvalue weighted by atomic mass is 10.3. The van der Waals surface area contributed by atoms with Gasteiger partial charge in [0, 0.05) is 10.2 Å². The summed E-state index contributed by atoms with van der Waals surface area (Å²) in [6, 6.07) is 11.8. The zero-order valence-electron chi connectivity index (χ0n) is 12.2. The molecule has 23 heavy (non-hydrogen) atoms. The van der Waals surface area contributed by atoms with Gasteiger partial charge in [0.05, 0.1) is 11.9 Å². The van der Waals surface area contributed by atoms with Crippen molar-refractivity contribution in [3.05, 3.63) is 58.8 Å². The van der Waals surface area contributed by atoms with Gasteiger partial charge >= 0.3 is 0 Å². The Labute approximate surface area is 142 Å². The molecule has 2 aromatic rings. The Morgan fingerprint density at radius 1 is 1.22 bits per heavy atom. The summed E-state index contributed by atoms with van der Waals surface area (Å²) in [5, 5.41) is 2.62. The molecule has 2 rings (SSSR count). The van der Waals surface area contributed by atoms with Gasteiger partial charge in [-0.15, -0.1) is 0 Å². The average molecular weight is 401 g/mol. The molecule has 0 aliphatic heterocycles. The van der Waals surface area contributed by atoms with E-state index >= 15 is 0 Å². The van der Waals surface area contributed by atoms with Crippen LogP contribution < -0.4 is 9.62 Å². The summed E-state index contributed by atoms with van der Waals surface area (Å²) in [5.74, 6) is -0.987. The van der Waals surface area contributed by atoms with E-state index in [1.165, 1.54) is 12.1 Å². The van der Waals surface area contributed by atoms with Crippen LogP contribution in [0, 0.1) is 5.82 Å². The molecule has 1 amide bonds. The number of hydrogen-bond acceptors (Lipinski definition) is 3. The molecule has 0 aliphatic carbocycles. The predicted octanol–water partition coefficient (Wildman–Crippen LogP) is 2.99. The summed E-state index contributed by atoms with van der Waals surface area (Å²) < 4.78 is 38.5. The van der Waals surface area contributed by atoms with Crippen LogP contribution in [0.4, 0.5) is 15.8 Å². The molecule has 0 unspecified atom stereocenters. The molecule has 0 spiro atoms. The highest BCUT2D eigenvalue weighted by molar-refractivity contribution is 9.10. The van der Waals surface area contributed by atoms with E-state index in [-0.39, 0.29) is 5.69 Å². The normalized spacial score (nSPS) is 11.1. The molecule has 0 radical (unpaired) electrons. The summed E-state index contributed by atoms with van der Waals surface area (Å²) in [6.07, 6.45) is 0.989. The fraction of sp³-hybridized carbons (Fsp3) is 0.133. The summed E-state index contributed by atoms with van der Waals surface area (Å²) in [5.41, 5.74) is 0.759. The van der Waals surface area contributed by atoms with Crippen molar-refractivity contribution in [2.24, 2.45) is 0 Å². The minimum absolute atomic E-state index is 0.221. The highest BCUT2D eigenvalue weighted by Crippen LogP contribution is 2.19. The van der Waals surface area contributed by atoms with Crippen LogP contribution in [0.15, 0.2) is 53.0 Å². The molecule has 8 heteroatoms. The Hall–Kier alpha value is -1.93. The third kappa shape index (κ3) is 5.04. The molecule has 0 aliphatic rings. The van der Waals surface area contributed by atoms with Crippen molar-refractivity contribution in [2.75, 3.05) is 22.4 Å². The molecule has 0 bridgehead atoms. The number of benzene rings is 2. The average Bonchev–Trinajstić information content (AvgIpc) is 2.45. The molecule has 2 aromatic carbocycles. The van der Waals surface area contributed by atoms with Crippen molar-refractivity contribution < 1.29 is 17.6 Å². The van der Waals surface area contributed by atoms with E-state index in [4.69, 9.17) is 0 Å². The monoisotopic (exact) mass is 400 g/mol. The number of nitrogens with one attached hydrogen (secondary N) is 1. The van der Waals surface area contributed by atoms with Gasteiger partial charge in [-0.05, 0) is 42.5 Å². The van der Waals surface area contributed by atoms with Gasteiger partial charge in [0.25, 0.3) is 0 Å². The minimum Gasteiger partial charge on any atom is -0.324 e. The van der Waals surface area contributed by atoms with Gasteiger partial charge in [0.15, 0.2) is 0 Å². The first-order valence-corrected chi connectivity index (χ1v) is 9.18. The smallest absolute Gasteiger partial charge is 0.245 e. The van der Waals surface area contributed by atoms with Crippen LogP contribution in [-0.4, -0.2) is 27.1 Å². The molecule has 5 nitrogen and oxygen atoms in total. The van der Waals surface area contributed by atoms with Crippen molar-refractivity contribution in [1.82, 2.24) is 0 Å². The quantitative estimate of drug-likeness (QED) is 0.838. The maximum atomic E-state index is 13.0. The molecular weight excluding hydrogens is 387 g/mol. The molecule has 122 valence electrons. The highest BCUT2D eigenvalue weighted by atomic mass is 79.9. The van der Waals surface area contributed by atoms with Crippen LogP contribution in [-0.2, 0) is 14.8 Å². The van der Waals surface area contributed by atoms with E-state index < -0.39 is 28.3 Å². The van der Waals surface area contributed by atoms with Gasteiger partial charge in [-0.25, -0.2) is 12.8 Å². The topological polar surface area (TPSA) is 66.5 Å². The van der Waals surface area contributed by atoms with Crippen LogP contribution in [0.2, 0.25) is 0 Å². The summed E-state index contributed by atoms with van der Waals surface area (Å²) in [4.78, 5) is 12.1. The molecule has 0 saturated heterocycles. The zero-order chi connectivity index (χ0) is 17.0. The standard InChI is InChI=1S/C15H14BrFN2O3S/c1-23(21,22)19(14-7-5-12(17)6-8-14)10-15(20)18-13-4-2-3-11(16)9-13/h2-9H,10H2,1H3,(H,18,20). The van der Waals surface area contributed by atoms with Crippen LogP contribution in [0.5, 0.6) is 0 Å². The Balaban J connectivity index is 2.18. The maximum absolute atomic E-state index is 13.0. The third-order valence-corrected chi connectivity index (χ3v) is 4.54. The van der Waals surface area contributed by atoms with Gasteiger partial charge < -0.3 is 5.32 Å². The lowest BCUT2D eigenvalue weighted by molar-refractivity contribution is -0.114. The fourth-order valence-electron chi connectivity index (χ4n) is 1.90. The Morgan fingerprint density at radius 2 is 1.87 bits per heavy atom. The molecule has 0 fully saturated rings. The van der Waals surface area contributed by atoms with E-state index in [1.807, 2.05) is 0 Å². The maximum Gasteiger partial charge on any atom is 0.245 e. The highest BCUT2D eigenvalue weighted by Gasteiger charge is 2.21. The lowest BCUT2D eigenvalue weighted by Crippen LogP contribution is -2.37. The molecule has 0 heterocycles.